The molecule has 5 nitrogen and oxygen atoms in total. The molecule has 1 aliphatic carbocycles. The van der Waals surface area contributed by atoms with E-state index in [1.54, 1.807) is 18.3 Å². The number of nitrogens with two attached hydrogens (primary N) is 1. The van der Waals surface area contributed by atoms with Crippen LogP contribution in [0.3, 0.4) is 0 Å². The predicted molar refractivity (Wildman–Crippen MR) is 73.4 cm³/mol. The number of oxime groups is 1. The summed E-state index contributed by atoms with van der Waals surface area (Å²) in [5, 5.41) is 11.5. The molecule has 104 valence electrons. The van der Waals surface area contributed by atoms with Gasteiger partial charge in [0.25, 0.3) is 0 Å². The highest BCUT2D eigenvalue weighted by Crippen LogP contribution is 2.36. The van der Waals surface area contributed by atoms with Crippen molar-refractivity contribution in [2.24, 2.45) is 16.3 Å². The predicted octanol–water partition coefficient (Wildman–Crippen LogP) is 2.52. The Kier molecular flexibility index (Phi) is 3.93. The lowest BCUT2D eigenvalue weighted by atomic mass is 9.76. The number of rotatable bonds is 3. The lowest BCUT2D eigenvalue weighted by Crippen LogP contribution is -2.28. The minimum atomic E-state index is 0.0541. The molecular weight excluding hydrogens is 242 g/mol. The van der Waals surface area contributed by atoms with Crippen LogP contribution in [0.5, 0.6) is 5.88 Å². The van der Waals surface area contributed by atoms with Crippen LogP contribution in [-0.4, -0.2) is 22.1 Å². The van der Waals surface area contributed by atoms with Gasteiger partial charge in [0.05, 0.1) is 0 Å². The molecule has 5 heteroatoms. The van der Waals surface area contributed by atoms with Gasteiger partial charge in [0.2, 0.25) is 5.88 Å². The number of hydrogen-bond donors (Lipinski definition) is 2. The van der Waals surface area contributed by atoms with E-state index in [9.17, 15) is 0 Å². The Hall–Kier alpha value is -1.78. The minimum Gasteiger partial charge on any atom is -0.474 e. The van der Waals surface area contributed by atoms with E-state index >= 15 is 0 Å². The third kappa shape index (κ3) is 3.59. The molecule has 19 heavy (non-hydrogen) atoms. The van der Waals surface area contributed by atoms with Crippen molar-refractivity contribution in [2.45, 2.75) is 45.6 Å². The zero-order chi connectivity index (χ0) is 13.9. The molecule has 1 aromatic heterocycles. The second kappa shape index (κ2) is 5.47. The van der Waals surface area contributed by atoms with Crippen LogP contribution < -0.4 is 10.5 Å². The number of ether oxygens (including phenoxy) is 1. The molecule has 0 atom stereocenters. The van der Waals surface area contributed by atoms with Crippen molar-refractivity contribution < 1.29 is 9.94 Å². The van der Waals surface area contributed by atoms with E-state index in [-0.39, 0.29) is 11.9 Å². The van der Waals surface area contributed by atoms with Crippen molar-refractivity contribution >= 4 is 5.84 Å². The van der Waals surface area contributed by atoms with Gasteiger partial charge in [0, 0.05) is 17.8 Å². The normalized spacial score (nSPS) is 20.2. The molecule has 1 aliphatic rings. The minimum absolute atomic E-state index is 0.0541. The first-order chi connectivity index (χ1) is 9.00. The number of nitrogens with zero attached hydrogens (tertiary/aromatic N) is 2. The number of amidine groups is 1. The molecule has 1 aromatic rings. The Morgan fingerprint density at radius 1 is 1.42 bits per heavy atom. The van der Waals surface area contributed by atoms with Crippen molar-refractivity contribution in [1.29, 1.82) is 0 Å². The summed E-state index contributed by atoms with van der Waals surface area (Å²) in [6.45, 7) is 4.60. The first-order valence-corrected chi connectivity index (χ1v) is 6.61. The Labute approximate surface area is 113 Å². The van der Waals surface area contributed by atoms with Crippen molar-refractivity contribution in [3.8, 4) is 5.88 Å². The molecular formula is C14H21N3O2. The fourth-order valence-electron chi connectivity index (χ4n) is 2.32. The van der Waals surface area contributed by atoms with E-state index in [4.69, 9.17) is 15.7 Å². The fraction of sp³-hybridized carbons (Fsp3) is 0.571. The number of aromatic nitrogens is 1. The zero-order valence-corrected chi connectivity index (χ0v) is 11.5. The van der Waals surface area contributed by atoms with Crippen molar-refractivity contribution in [1.82, 2.24) is 4.98 Å². The van der Waals surface area contributed by atoms with Gasteiger partial charge in [-0.05, 0) is 37.2 Å². The second-order valence-electron chi connectivity index (χ2n) is 5.85. The van der Waals surface area contributed by atoms with Gasteiger partial charge in [-0.25, -0.2) is 4.98 Å². The van der Waals surface area contributed by atoms with Crippen LogP contribution in [0.25, 0.3) is 0 Å². The summed E-state index contributed by atoms with van der Waals surface area (Å²) in [6, 6.07) is 3.50. The molecule has 0 aromatic carbocycles. The Bertz CT molecular complexity index is 444. The van der Waals surface area contributed by atoms with E-state index in [1.807, 2.05) is 0 Å². The van der Waals surface area contributed by atoms with E-state index in [2.05, 4.69) is 24.0 Å². The van der Waals surface area contributed by atoms with Crippen molar-refractivity contribution in [3.63, 3.8) is 0 Å². The summed E-state index contributed by atoms with van der Waals surface area (Å²) in [5.74, 6) is 0.651. The van der Waals surface area contributed by atoms with Crippen LogP contribution in [0, 0.1) is 5.41 Å². The summed E-state index contributed by atoms with van der Waals surface area (Å²) < 4.78 is 5.86. The quantitative estimate of drug-likeness (QED) is 0.380. The van der Waals surface area contributed by atoms with Crippen LogP contribution in [0.4, 0.5) is 0 Å². The highest BCUT2D eigenvalue weighted by atomic mass is 16.5. The van der Waals surface area contributed by atoms with Crippen LogP contribution >= 0.6 is 0 Å². The molecule has 0 unspecified atom stereocenters. The highest BCUT2D eigenvalue weighted by Gasteiger charge is 2.27. The largest absolute Gasteiger partial charge is 0.474 e. The van der Waals surface area contributed by atoms with Gasteiger partial charge in [-0.2, -0.15) is 0 Å². The van der Waals surface area contributed by atoms with Gasteiger partial charge in [0.15, 0.2) is 5.84 Å². The SMILES string of the molecule is CC1(C)CCC(Oc2ccc(/C(N)=N/O)cn2)CC1. The monoisotopic (exact) mass is 263 g/mol. The third-order valence-corrected chi connectivity index (χ3v) is 3.71. The molecule has 0 saturated heterocycles. The first-order valence-electron chi connectivity index (χ1n) is 6.61. The molecule has 3 N–H and O–H groups in total. The first kappa shape index (κ1) is 13.6. The van der Waals surface area contributed by atoms with Crippen LogP contribution in [0.15, 0.2) is 23.5 Å². The summed E-state index contributed by atoms with van der Waals surface area (Å²) >= 11 is 0. The van der Waals surface area contributed by atoms with Gasteiger partial charge in [-0.3, -0.25) is 0 Å². The molecule has 0 radical (unpaired) electrons. The lowest BCUT2D eigenvalue weighted by Gasteiger charge is -2.34. The summed E-state index contributed by atoms with van der Waals surface area (Å²) in [5.41, 5.74) is 6.49. The Balaban J connectivity index is 1.94. The average molecular weight is 263 g/mol. The summed E-state index contributed by atoms with van der Waals surface area (Å²) in [7, 11) is 0. The molecule has 2 rings (SSSR count). The van der Waals surface area contributed by atoms with E-state index in [0.717, 1.165) is 12.8 Å². The highest BCUT2D eigenvalue weighted by molar-refractivity contribution is 5.96. The maximum absolute atomic E-state index is 8.57. The Morgan fingerprint density at radius 2 is 2.11 bits per heavy atom. The van der Waals surface area contributed by atoms with Crippen molar-refractivity contribution in [3.05, 3.63) is 23.9 Å². The second-order valence-corrected chi connectivity index (χ2v) is 5.85. The van der Waals surface area contributed by atoms with Gasteiger partial charge >= 0.3 is 0 Å². The fourth-order valence-corrected chi connectivity index (χ4v) is 2.32. The standard InChI is InChI=1S/C14H21N3O2/c1-14(2)7-5-11(6-8-14)19-12-4-3-10(9-16-12)13(15)17-18/h3-4,9,11,18H,5-8H2,1-2H3,(H2,15,17). The van der Waals surface area contributed by atoms with Gasteiger partial charge in [-0.15, -0.1) is 0 Å². The molecule has 1 heterocycles. The summed E-state index contributed by atoms with van der Waals surface area (Å²) in [6.07, 6.45) is 6.29. The third-order valence-electron chi connectivity index (χ3n) is 3.71. The van der Waals surface area contributed by atoms with Crippen molar-refractivity contribution in [2.75, 3.05) is 0 Å². The Morgan fingerprint density at radius 3 is 2.63 bits per heavy atom. The summed E-state index contributed by atoms with van der Waals surface area (Å²) in [4.78, 5) is 4.18. The maximum Gasteiger partial charge on any atom is 0.213 e. The van der Waals surface area contributed by atoms with Crippen LogP contribution in [0.1, 0.15) is 45.1 Å². The maximum atomic E-state index is 8.57. The lowest BCUT2D eigenvalue weighted by molar-refractivity contribution is 0.0949. The smallest absolute Gasteiger partial charge is 0.213 e. The number of pyridine rings is 1. The zero-order valence-electron chi connectivity index (χ0n) is 11.5. The van der Waals surface area contributed by atoms with E-state index < -0.39 is 0 Å². The molecule has 0 bridgehead atoms. The topological polar surface area (TPSA) is 80.7 Å². The van der Waals surface area contributed by atoms with Crippen LogP contribution in [-0.2, 0) is 0 Å². The van der Waals surface area contributed by atoms with Gasteiger partial charge in [-0.1, -0.05) is 19.0 Å². The van der Waals surface area contributed by atoms with Gasteiger partial charge in [0.1, 0.15) is 6.10 Å². The molecule has 0 amide bonds. The van der Waals surface area contributed by atoms with E-state index in [0.29, 0.717) is 16.9 Å². The van der Waals surface area contributed by atoms with E-state index in [1.165, 1.54) is 12.8 Å². The molecule has 1 fully saturated rings. The molecule has 0 aliphatic heterocycles. The van der Waals surface area contributed by atoms with Gasteiger partial charge < -0.3 is 15.7 Å². The number of hydrogen-bond acceptors (Lipinski definition) is 4. The van der Waals surface area contributed by atoms with Crippen LogP contribution in [0.2, 0.25) is 0 Å². The molecule has 1 saturated carbocycles. The average Bonchev–Trinajstić information content (AvgIpc) is 2.41. The molecule has 0 spiro atoms.